The van der Waals surface area contributed by atoms with E-state index in [0.717, 1.165) is 24.9 Å². The van der Waals surface area contributed by atoms with Gasteiger partial charge in [0, 0.05) is 29.8 Å². The van der Waals surface area contributed by atoms with Gasteiger partial charge in [0.1, 0.15) is 12.4 Å². The van der Waals surface area contributed by atoms with Crippen LogP contribution in [0.15, 0.2) is 36.4 Å². The Labute approximate surface area is 158 Å². The first-order chi connectivity index (χ1) is 12.7. The molecule has 2 rings (SSSR count). The maximum absolute atomic E-state index is 13.8. The quantitative estimate of drug-likeness (QED) is 0.569. The highest BCUT2D eigenvalue weighted by atomic mass is 35.5. The SMILES string of the molecule is CCOc1cc(CNCCCCO)c(Cl)cc1OCc1ccccc1F. The fourth-order valence-electron chi connectivity index (χ4n) is 2.45. The molecule has 0 aliphatic rings. The highest BCUT2D eigenvalue weighted by molar-refractivity contribution is 6.31. The molecule has 0 aliphatic heterocycles. The Bertz CT molecular complexity index is 697. The zero-order valence-electron chi connectivity index (χ0n) is 14.9. The summed E-state index contributed by atoms with van der Waals surface area (Å²) >= 11 is 6.37. The van der Waals surface area contributed by atoms with Crippen molar-refractivity contribution in [1.29, 1.82) is 0 Å². The van der Waals surface area contributed by atoms with Gasteiger partial charge in [0.05, 0.1) is 6.61 Å². The molecule has 0 saturated carbocycles. The molecule has 0 fully saturated rings. The number of aliphatic hydroxyl groups excluding tert-OH is 1. The average molecular weight is 382 g/mol. The van der Waals surface area contributed by atoms with Crippen LogP contribution in [0.5, 0.6) is 11.5 Å². The second kappa shape index (κ2) is 11.0. The Balaban J connectivity index is 2.06. The highest BCUT2D eigenvalue weighted by Crippen LogP contribution is 2.34. The van der Waals surface area contributed by atoms with Gasteiger partial charge in [0.25, 0.3) is 0 Å². The smallest absolute Gasteiger partial charge is 0.163 e. The van der Waals surface area contributed by atoms with Gasteiger partial charge >= 0.3 is 0 Å². The molecule has 0 amide bonds. The third-order valence-electron chi connectivity index (χ3n) is 3.83. The Kier molecular flexibility index (Phi) is 8.68. The van der Waals surface area contributed by atoms with Gasteiger partial charge in [0.15, 0.2) is 11.5 Å². The Morgan fingerprint density at radius 2 is 1.85 bits per heavy atom. The standard InChI is InChI=1S/C20H25ClFNO3/c1-2-25-19-11-16(13-23-9-5-6-10-24)17(21)12-20(19)26-14-15-7-3-4-8-18(15)22/h3-4,7-8,11-12,23-24H,2,5-6,9-10,13-14H2,1H3. The Morgan fingerprint density at radius 1 is 1.08 bits per heavy atom. The van der Waals surface area contributed by atoms with E-state index in [1.54, 1.807) is 24.3 Å². The van der Waals surface area contributed by atoms with Crippen LogP contribution in [0.1, 0.15) is 30.9 Å². The summed E-state index contributed by atoms with van der Waals surface area (Å²) in [5, 5.41) is 12.7. The van der Waals surface area contributed by atoms with Crippen molar-refractivity contribution in [2.75, 3.05) is 19.8 Å². The van der Waals surface area contributed by atoms with Gasteiger partial charge in [-0.3, -0.25) is 0 Å². The van der Waals surface area contributed by atoms with Crippen LogP contribution in [0.2, 0.25) is 5.02 Å². The van der Waals surface area contributed by atoms with Crippen LogP contribution in [-0.4, -0.2) is 24.9 Å². The lowest BCUT2D eigenvalue weighted by Gasteiger charge is -2.15. The zero-order chi connectivity index (χ0) is 18.8. The molecule has 0 aliphatic carbocycles. The minimum Gasteiger partial charge on any atom is -0.490 e. The number of hydrogen-bond donors (Lipinski definition) is 2. The second-order valence-corrected chi connectivity index (χ2v) is 6.22. The molecule has 0 unspecified atom stereocenters. The maximum atomic E-state index is 13.8. The topological polar surface area (TPSA) is 50.7 Å². The van der Waals surface area contributed by atoms with Crippen molar-refractivity contribution in [2.45, 2.75) is 32.9 Å². The number of nitrogens with one attached hydrogen (secondary N) is 1. The minimum absolute atomic E-state index is 0.0990. The third-order valence-corrected chi connectivity index (χ3v) is 4.18. The largest absolute Gasteiger partial charge is 0.490 e. The summed E-state index contributed by atoms with van der Waals surface area (Å²) in [6.45, 7) is 4.07. The Hall–Kier alpha value is -1.82. The third kappa shape index (κ3) is 6.16. The van der Waals surface area contributed by atoms with Gasteiger partial charge in [-0.05, 0) is 44.0 Å². The van der Waals surface area contributed by atoms with Crippen molar-refractivity contribution in [3.8, 4) is 11.5 Å². The van der Waals surface area contributed by atoms with E-state index in [0.29, 0.717) is 35.2 Å². The van der Waals surface area contributed by atoms with Gasteiger partial charge < -0.3 is 19.9 Å². The number of halogens is 2. The molecule has 2 N–H and O–H groups in total. The normalized spacial score (nSPS) is 10.8. The predicted octanol–water partition coefficient (Wildman–Crippen LogP) is 4.32. The van der Waals surface area contributed by atoms with Crippen LogP contribution in [0, 0.1) is 5.82 Å². The van der Waals surface area contributed by atoms with Gasteiger partial charge in [-0.25, -0.2) is 4.39 Å². The molecular weight excluding hydrogens is 357 g/mol. The first kappa shape index (κ1) is 20.5. The summed E-state index contributed by atoms with van der Waals surface area (Å²) in [4.78, 5) is 0. The average Bonchev–Trinajstić information content (AvgIpc) is 2.63. The van der Waals surface area contributed by atoms with Crippen LogP contribution in [0.3, 0.4) is 0 Å². The van der Waals surface area contributed by atoms with Gasteiger partial charge in [-0.2, -0.15) is 0 Å². The summed E-state index contributed by atoms with van der Waals surface area (Å²) in [5.74, 6) is 0.768. The summed E-state index contributed by atoms with van der Waals surface area (Å²) < 4.78 is 25.2. The van der Waals surface area contributed by atoms with E-state index in [-0.39, 0.29) is 19.0 Å². The fourth-order valence-corrected chi connectivity index (χ4v) is 2.67. The second-order valence-electron chi connectivity index (χ2n) is 5.81. The first-order valence-electron chi connectivity index (χ1n) is 8.78. The van der Waals surface area contributed by atoms with E-state index in [1.807, 2.05) is 13.0 Å². The summed E-state index contributed by atoms with van der Waals surface area (Å²) in [6, 6.07) is 10.1. The molecular formula is C20H25ClFNO3. The van der Waals surface area contributed by atoms with Crippen molar-refractivity contribution in [3.05, 3.63) is 58.4 Å². The highest BCUT2D eigenvalue weighted by Gasteiger charge is 2.12. The molecule has 4 nitrogen and oxygen atoms in total. The molecule has 0 atom stereocenters. The van der Waals surface area contributed by atoms with E-state index in [9.17, 15) is 4.39 Å². The summed E-state index contributed by atoms with van der Waals surface area (Å²) in [7, 11) is 0. The molecule has 142 valence electrons. The molecule has 0 radical (unpaired) electrons. The molecule has 0 bridgehead atoms. The van der Waals surface area contributed by atoms with Crippen molar-refractivity contribution < 1.29 is 19.0 Å². The van der Waals surface area contributed by atoms with Crippen molar-refractivity contribution in [2.24, 2.45) is 0 Å². The van der Waals surface area contributed by atoms with Crippen molar-refractivity contribution in [3.63, 3.8) is 0 Å². The van der Waals surface area contributed by atoms with Crippen LogP contribution in [0.4, 0.5) is 4.39 Å². The van der Waals surface area contributed by atoms with E-state index < -0.39 is 0 Å². The van der Waals surface area contributed by atoms with Gasteiger partial charge in [0.2, 0.25) is 0 Å². The lowest BCUT2D eigenvalue weighted by molar-refractivity contribution is 0.265. The van der Waals surface area contributed by atoms with E-state index >= 15 is 0 Å². The van der Waals surface area contributed by atoms with E-state index in [2.05, 4.69) is 5.32 Å². The summed E-state index contributed by atoms with van der Waals surface area (Å²) in [6.07, 6.45) is 1.67. The summed E-state index contributed by atoms with van der Waals surface area (Å²) in [5.41, 5.74) is 1.37. The lowest BCUT2D eigenvalue weighted by Crippen LogP contribution is -2.15. The van der Waals surface area contributed by atoms with Crippen LogP contribution in [-0.2, 0) is 13.2 Å². The molecule has 0 saturated heterocycles. The van der Waals surface area contributed by atoms with Crippen LogP contribution in [0.25, 0.3) is 0 Å². The number of rotatable bonds is 11. The van der Waals surface area contributed by atoms with Crippen LogP contribution < -0.4 is 14.8 Å². The number of hydrogen-bond acceptors (Lipinski definition) is 4. The fraction of sp³-hybridized carbons (Fsp3) is 0.400. The first-order valence-corrected chi connectivity index (χ1v) is 9.16. The number of aliphatic hydroxyl groups is 1. The Morgan fingerprint density at radius 3 is 2.58 bits per heavy atom. The monoisotopic (exact) mass is 381 g/mol. The van der Waals surface area contributed by atoms with Crippen LogP contribution >= 0.6 is 11.6 Å². The van der Waals surface area contributed by atoms with E-state index in [1.165, 1.54) is 6.07 Å². The van der Waals surface area contributed by atoms with E-state index in [4.69, 9.17) is 26.2 Å². The molecule has 6 heteroatoms. The number of unbranched alkanes of at least 4 members (excludes halogenated alkanes) is 1. The molecule has 0 heterocycles. The zero-order valence-corrected chi connectivity index (χ0v) is 15.7. The van der Waals surface area contributed by atoms with Crippen molar-refractivity contribution >= 4 is 11.6 Å². The maximum Gasteiger partial charge on any atom is 0.163 e. The molecule has 26 heavy (non-hydrogen) atoms. The molecule has 0 spiro atoms. The van der Waals surface area contributed by atoms with Gasteiger partial charge in [-0.15, -0.1) is 0 Å². The molecule has 2 aromatic rings. The number of benzene rings is 2. The van der Waals surface area contributed by atoms with Gasteiger partial charge in [-0.1, -0.05) is 29.8 Å². The molecule has 2 aromatic carbocycles. The lowest BCUT2D eigenvalue weighted by atomic mass is 10.2. The minimum atomic E-state index is -0.305. The number of ether oxygens (including phenoxy) is 2. The molecule has 0 aromatic heterocycles. The van der Waals surface area contributed by atoms with Crippen molar-refractivity contribution in [1.82, 2.24) is 5.32 Å². The predicted molar refractivity (Wildman–Crippen MR) is 101 cm³/mol.